The van der Waals surface area contributed by atoms with Gasteiger partial charge in [-0.15, -0.1) is 6.42 Å². The van der Waals surface area contributed by atoms with Crippen LogP contribution >= 0.6 is 0 Å². The van der Waals surface area contributed by atoms with Crippen LogP contribution in [0.4, 0.5) is 22.8 Å². The van der Waals surface area contributed by atoms with Gasteiger partial charge in [-0.25, -0.2) is 9.59 Å². The number of rotatable bonds is 3. The van der Waals surface area contributed by atoms with Gasteiger partial charge in [0.15, 0.2) is 0 Å². The zero-order valence-electron chi connectivity index (χ0n) is 10.7. The quantitative estimate of drug-likeness (QED) is 0.748. The summed E-state index contributed by atoms with van der Waals surface area (Å²) in [4.78, 5) is 23.0. The molecule has 0 aromatic heterocycles. The summed E-state index contributed by atoms with van der Waals surface area (Å²) in [7, 11) is 0. The van der Waals surface area contributed by atoms with Crippen molar-refractivity contribution in [3.05, 3.63) is 0 Å². The molecule has 1 fully saturated rings. The minimum absolute atomic E-state index is 0.107. The topological polar surface area (TPSA) is 88.1 Å². The molecule has 2 N–H and O–H groups in total. The fraction of sp³-hybridized carbons (Fsp3) is 0.636. The van der Waals surface area contributed by atoms with E-state index < -0.39 is 43.7 Å². The minimum Gasteiger partial charge on any atom is -0.465 e. The zero-order chi connectivity index (χ0) is 16.0. The predicted molar refractivity (Wildman–Crippen MR) is 62.5 cm³/mol. The van der Waals surface area contributed by atoms with Crippen LogP contribution in [0.5, 0.6) is 0 Å². The normalized spacial score (nSPS) is 22.3. The minimum atomic E-state index is -4.56. The van der Waals surface area contributed by atoms with Gasteiger partial charge < -0.3 is 19.9 Å². The third-order valence-corrected chi connectivity index (χ3v) is 2.56. The Labute approximate surface area is 118 Å². The number of alkyl halides is 3. The number of terminal acetylenes is 1. The first-order chi connectivity index (χ1) is 9.73. The van der Waals surface area contributed by atoms with Crippen molar-refractivity contribution >= 4 is 12.2 Å². The number of halogens is 3. The van der Waals surface area contributed by atoms with E-state index in [4.69, 9.17) is 16.3 Å². The van der Waals surface area contributed by atoms with E-state index in [-0.39, 0.29) is 13.2 Å². The summed E-state index contributed by atoms with van der Waals surface area (Å²) in [5.74, 6) is 2.24. The Morgan fingerprint density at radius 1 is 1.52 bits per heavy atom. The van der Waals surface area contributed by atoms with E-state index in [0.717, 1.165) is 4.90 Å². The lowest BCUT2D eigenvalue weighted by Gasteiger charge is -2.35. The van der Waals surface area contributed by atoms with Crippen LogP contribution in [0.3, 0.4) is 0 Å². The molecule has 0 unspecified atom stereocenters. The van der Waals surface area contributed by atoms with Crippen molar-refractivity contribution in [1.29, 1.82) is 0 Å². The van der Waals surface area contributed by atoms with E-state index in [9.17, 15) is 22.8 Å². The lowest BCUT2D eigenvalue weighted by atomic mass is 10.2. The first kappa shape index (κ1) is 16.9. The lowest BCUT2D eigenvalue weighted by molar-refractivity contribution is -0.124. The van der Waals surface area contributed by atoms with Crippen LogP contribution in [-0.2, 0) is 9.47 Å². The van der Waals surface area contributed by atoms with Crippen LogP contribution in [0.25, 0.3) is 0 Å². The highest BCUT2D eigenvalue weighted by atomic mass is 19.4. The standard InChI is InChI=1S/C11H13F3N2O5/c1-2-8-3-16(10(18)19)7(4-20-8)5-21-9(17)15-6-11(12,13)14/h1,7-8H,3-6H2,(H,15,17)(H,18,19)/t7-,8-/m1/s1. The summed E-state index contributed by atoms with van der Waals surface area (Å²) in [6, 6.07) is -0.830. The number of hydrogen-bond donors (Lipinski definition) is 2. The summed E-state index contributed by atoms with van der Waals surface area (Å²) < 4.78 is 45.3. The van der Waals surface area contributed by atoms with Crippen molar-refractivity contribution in [3.8, 4) is 12.3 Å². The van der Waals surface area contributed by atoms with Gasteiger partial charge in [-0.05, 0) is 0 Å². The fourth-order valence-corrected chi connectivity index (χ4v) is 1.57. The smallest absolute Gasteiger partial charge is 0.407 e. The molecule has 118 valence electrons. The van der Waals surface area contributed by atoms with Gasteiger partial charge >= 0.3 is 18.4 Å². The molecular formula is C11H13F3N2O5. The van der Waals surface area contributed by atoms with Crippen molar-refractivity contribution in [2.24, 2.45) is 0 Å². The van der Waals surface area contributed by atoms with E-state index in [1.54, 1.807) is 0 Å². The summed E-state index contributed by atoms with van der Waals surface area (Å²) in [6.07, 6.45) is -2.73. The molecule has 10 heteroatoms. The second kappa shape index (κ2) is 7.03. The van der Waals surface area contributed by atoms with Gasteiger partial charge in [-0.3, -0.25) is 4.90 Å². The molecule has 1 saturated heterocycles. The number of nitrogens with zero attached hydrogens (tertiary/aromatic N) is 1. The number of ether oxygens (including phenoxy) is 2. The first-order valence-electron chi connectivity index (χ1n) is 5.77. The molecule has 1 aliphatic heterocycles. The molecular weight excluding hydrogens is 297 g/mol. The van der Waals surface area contributed by atoms with Crippen molar-refractivity contribution in [3.63, 3.8) is 0 Å². The lowest BCUT2D eigenvalue weighted by Crippen LogP contribution is -2.54. The number of nitrogens with one attached hydrogen (secondary N) is 1. The van der Waals surface area contributed by atoms with Crippen LogP contribution in [-0.4, -0.2) is 66.8 Å². The van der Waals surface area contributed by atoms with Crippen molar-refractivity contribution < 1.29 is 37.3 Å². The van der Waals surface area contributed by atoms with Gasteiger partial charge in [0.25, 0.3) is 0 Å². The van der Waals surface area contributed by atoms with Crippen LogP contribution in [0.2, 0.25) is 0 Å². The van der Waals surface area contributed by atoms with E-state index in [1.165, 1.54) is 5.32 Å². The maximum atomic E-state index is 11.9. The molecule has 0 radical (unpaired) electrons. The number of carbonyl (C=O) groups is 2. The van der Waals surface area contributed by atoms with Gasteiger partial charge in [-0.2, -0.15) is 13.2 Å². The number of hydrogen-bond acceptors (Lipinski definition) is 4. The molecule has 1 rings (SSSR count). The molecule has 7 nitrogen and oxygen atoms in total. The SMILES string of the molecule is C#C[C@@H]1CN(C(=O)O)[C@@H](COC(=O)NCC(F)(F)F)CO1. The number of morpholine rings is 1. The molecule has 0 spiro atoms. The van der Waals surface area contributed by atoms with Crippen LogP contribution < -0.4 is 5.32 Å². The predicted octanol–water partition coefficient (Wildman–Crippen LogP) is 0.655. The highest BCUT2D eigenvalue weighted by Crippen LogP contribution is 2.14. The molecule has 0 aromatic carbocycles. The van der Waals surface area contributed by atoms with Crippen molar-refractivity contribution in [2.45, 2.75) is 18.3 Å². The number of carbonyl (C=O) groups excluding carboxylic acids is 1. The first-order valence-corrected chi connectivity index (χ1v) is 5.77. The third-order valence-electron chi connectivity index (χ3n) is 2.56. The highest BCUT2D eigenvalue weighted by molar-refractivity contribution is 5.68. The van der Waals surface area contributed by atoms with E-state index >= 15 is 0 Å². The van der Waals surface area contributed by atoms with E-state index in [2.05, 4.69) is 10.7 Å². The average molecular weight is 310 g/mol. The summed E-state index contributed by atoms with van der Waals surface area (Å²) >= 11 is 0. The van der Waals surface area contributed by atoms with Gasteiger partial charge in [0.2, 0.25) is 0 Å². The van der Waals surface area contributed by atoms with E-state index in [0.29, 0.717) is 0 Å². The summed E-state index contributed by atoms with van der Waals surface area (Å²) in [5.41, 5.74) is 0. The largest absolute Gasteiger partial charge is 0.465 e. The Kier molecular flexibility index (Phi) is 5.66. The van der Waals surface area contributed by atoms with Gasteiger partial charge in [0.05, 0.1) is 19.2 Å². The van der Waals surface area contributed by atoms with Crippen LogP contribution in [0.1, 0.15) is 0 Å². The van der Waals surface area contributed by atoms with Gasteiger partial charge in [0, 0.05) is 0 Å². The van der Waals surface area contributed by atoms with E-state index in [1.807, 2.05) is 0 Å². The molecule has 2 amide bonds. The number of amides is 2. The van der Waals surface area contributed by atoms with Gasteiger partial charge in [0.1, 0.15) is 19.3 Å². The molecule has 1 heterocycles. The maximum Gasteiger partial charge on any atom is 0.407 e. The average Bonchev–Trinajstić information content (AvgIpc) is 2.41. The highest BCUT2D eigenvalue weighted by Gasteiger charge is 2.33. The molecule has 0 aliphatic carbocycles. The Morgan fingerprint density at radius 2 is 2.19 bits per heavy atom. The monoisotopic (exact) mass is 310 g/mol. The number of alkyl carbamates (subject to hydrolysis) is 1. The Morgan fingerprint density at radius 3 is 2.71 bits per heavy atom. The molecule has 0 aromatic rings. The molecule has 0 saturated carbocycles. The van der Waals surface area contributed by atoms with Crippen LogP contribution in [0.15, 0.2) is 0 Å². The number of carboxylic acid groups (broad SMARTS) is 1. The fourth-order valence-electron chi connectivity index (χ4n) is 1.57. The zero-order valence-corrected chi connectivity index (χ0v) is 10.7. The molecule has 1 aliphatic rings. The van der Waals surface area contributed by atoms with Crippen molar-refractivity contribution in [2.75, 3.05) is 26.3 Å². The second-order valence-electron chi connectivity index (χ2n) is 4.14. The summed E-state index contributed by atoms with van der Waals surface area (Å²) in [5, 5.41) is 10.5. The summed E-state index contributed by atoms with van der Waals surface area (Å²) in [6.45, 7) is -2.19. The molecule has 2 atom stereocenters. The molecule has 21 heavy (non-hydrogen) atoms. The van der Waals surface area contributed by atoms with Crippen LogP contribution in [0, 0.1) is 12.3 Å². The van der Waals surface area contributed by atoms with Crippen molar-refractivity contribution in [1.82, 2.24) is 10.2 Å². The maximum absolute atomic E-state index is 11.9. The third kappa shape index (κ3) is 5.78. The Bertz CT molecular complexity index is 435. The Balaban J connectivity index is 2.44. The Hall–Kier alpha value is -2.15. The molecule has 0 bridgehead atoms. The van der Waals surface area contributed by atoms with Gasteiger partial charge in [-0.1, -0.05) is 5.92 Å². The second-order valence-corrected chi connectivity index (χ2v) is 4.14.